The van der Waals surface area contributed by atoms with Gasteiger partial charge in [-0.3, -0.25) is 0 Å². The van der Waals surface area contributed by atoms with Crippen LogP contribution in [0.5, 0.6) is 0 Å². The minimum Gasteiger partial charge on any atom is -0.364 e. The van der Waals surface area contributed by atoms with E-state index in [-0.39, 0.29) is 10.8 Å². The number of hydrogen-bond donors (Lipinski definition) is 4. The minimum atomic E-state index is 0.0347. The Labute approximate surface area is 155 Å². The highest BCUT2D eigenvalue weighted by atomic mass is 14.8. The topological polar surface area (TPSA) is 63.2 Å². The molecular weight excluding hydrogens is 320 g/mol. The Bertz CT molecular complexity index is 713. The van der Waals surface area contributed by atoms with E-state index in [2.05, 4.69) is 71.9 Å². The van der Waals surface area contributed by atoms with E-state index < -0.39 is 0 Å². The van der Waals surface area contributed by atoms with Gasteiger partial charge in [-0.15, -0.1) is 0 Å². The van der Waals surface area contributed by atoms with Crippen molar-refractivity contribution >= 4 is 0 Å². The van der Waals surface area contributed by atoms with E-state index in [1.807, 2.05) is 49.1 Å². The quantitative estimate of drug-likeness (QED) is 0.385. The molecule has 4 heterocycles. The Morgan fingerprint density at radius 3 is 0.846 bits per heavy atom. The highest BCUT2D eigenvalue weighted by Crippen LogP contribution is 2.29. The predicted octanol–water partition coefficient (Wildman–Crippen LogP) is 5.34. The number of rotatable bonds is 4. The molecule has 4 aromatic heterocycles. The fourth-order valence-corrected chi connectivity index (χ4v) is 3.17. The van der Waals surface area contributed by atoms with Crippen molar-refractivity contribution in [1.82, 2.24) is 19.9 Å². The molecule has 0 radical (unpaired) electrons. The number of aromatic nitrogens is 4. The highest BCUT2D eigenvalue weighted by Gasteiger charge is 2.25. The van der Waals surface area contributed by atoms with E-state index in [0.717, 1.165) is 0 Å². The van der Waals surface area contributed by atoms with Crippen molar-refractivity contribution in [3.05, 3.63) is 96.1 Å². The zero-order chi connectivity index (χ0) is 18.6. The first kappa shape index (κ1) is 17.9. The molecule has 0 aromatic carbocycles. The average Bonchev–Trinajstić information content (AvgIpc) is 3.47. The van der Waals surface area contributed by atoms with Crippen molar-refractivity contribution in [3.8, 4) is 0 Å². The maximum atomic E-state index is 3.25. The lowest BCUT2D eigenvalue weighted by Crippen LogP contribution is -2.19. The second-order valence-corrected chi connectivity index (χ2v) is 7.59. The van der Waals surface area contributed by atoms with Crippen LogP contribution in [-0.4, -0.2) is 19.9 Å². The van der Waals surface area contributed by atoms with Gasteiger partial charge in [0.2, 0.25) is 0 Å². The third-order valence-corrected chi connectivity index (χ3v) is 5.09. The van der Waals surface area contributed by atoms with Gasteiger partial charge in [0.15, 0.2) is 0 Å². The molecule has 4 N–H and O–H groups in total. The van der Waals surface area contributed by atoms with Crippen LogP contribution in [0.4, 0.5) is 0 Å². The van der Waals surface area contributed by atoms with Gasteiger partial charge in [0.05, 0.1) is 0 Å². The van der Waals surface area contributed by atoms with Crippen LogP contribution in [0.25, 0.3) is 0 Å². The molecule has 0 spiro atoms. The normalized spacial score (nSPS) is 11.8. The van der Waals surface area contributed by atoms with Crippen LogP contribution in [0.1, 0.15) is 50.5 Å². The van der Waals surface area contributed by atoms with Crippen LogP contribution in [0.2, 0.25) is 0 Å². The second-order valence-electron chi connectivity index (χ2n) is 7.59. The van der Waals surface area contributed by atoms with Crippen LogP contribution in [0, 0.1) is 0 Å². The lowest BCUT2D eigenvalue weighted by Gasteiger charge is -2.22. The van der Waals surface area contributed by atoms with Crippen molar-refractivity contribution in [2.75, 3.05) is 0 Å². The molecule has 0 aliphatic rings. The van der Waals surface area contributed by atoms with Gasteiger partial charge in [-0.05, 0) is 76.2 Å². The van der Waals surface area contributed by atoms with Gasteiger partial charge in [-0.25, -0.2) is 0 Å². The van der Waals surface area contributed by atoms with Gasteiger partial charge in [0.1, 0.15) is 0 Å². The van der Waals surface area contributed by atoms with Gasteiger partial charge < -0.3 is 19.9 Å². The van der Waals surface area contributed by atoms with E-state index in [1.54, 1.807) is 0 Å². The Kier molecular flexibility index (Phi) is 4.94. The largest absolute Gasteiger partial charge is 0.364 e. The predicted molar refractivity (Wildman–Crippen MR) is 107 cm³/mol. The van der Waals surface area contributed by atoms with Gasteiger partial charge in [0, 0.05) is 58.4 Å². The maximum absolute atomic E-state index is 3.25. The number of hydrogen-bond acceptors (Lipinski definition) is 0. The van der Waals surface area contributed by atoms with Crippen LogP contribution < -0.4 is 0 Å². The Morgan fingerprint density at radius 1 is 0.462 bits per heavy atom. The molecule has 0 atom stereocenters. The zero-order valence-electron chi connectivity index (χ0n) is 15.9. The zero-order valence-corrected chi connectivity index (χ0v) is 15.9. The summed E-state index contributed by atoms with van der Waals surface area (Å²) in [7, 11) is 0. The van der Waals surface area contributed by atoms with Crippen molar-refractivity contribution in [2.45, 2.75) is 38.5 Å². The first-order valence-electron chi connectivity index (χ1n) is 8.98. The summed E-state index contributed by atoms with van der Waals surface area (Å²) < 4.78 is 0. The molecule has 0 bridgehead atoms. The molecule has 0 aliphatic heterocycles. The first-order chi connectivity index (χ1) is 12.4. The smallest absolute Gasteiger partial charge is 0.0447 e. The molecule has 4 aromatic rings. The van der Waals surface area contributed by atoms with Crippen molar-refractivity contribution < 1.29 is 0 Å². The van der Waals surface area contributed by atoms with E-state index in [0.29, 0.717) is 0 Å². The molecule has 26 heavy (non-hydrogen) atoms. The molecule has 136 valence electrons. The monoisotopic (exact) mass is 348 g/mol. The molecule has 4 rings (SSSR count). The highest BCUT2D eigenvalue weighted by molar-refractivity contribution is 5.30. The standard InChI is InChI=1S/2C11H14N2/c2*1-11(2,9-5-3-7-12-9)10-6-4-8-13-10/h2*3-8,12-13H,1-2H3. The third-order valence-electron chi connectivity index (χ3n) is 5.09. The minimum absolute atomic E-state index is 0.0347. The first-order valence-corrected chi connectivity index (χ1v) is 8.98. The summed E-state index contributed by atoms with van der Waals surface area (Å²) in [6, 6.07) is 16.6. The summed E-state index contributed by atoms with van der Waals surface area (Å²) in [6.45, 7) is 8.80. The van der Waals surface area contributed by atoms with E-state index >= 15 is 0 Å². The molecule has 4 heteroatoms. The van der Waals surface area contributed by atoms with Crippen molar-refractivity contribution in [1.29, 1.82) is 0 Å². The van der Waals surface area contributed by atoms with Gasteiger partial charge in [-0.1, -0.05) is 0 Å². The molecular formula is C22H28N4. The summed E-state index contributed by atoms with van der Waals surface area (Å²) in [4.78, 5) is 13.0. The average molecular weight is 348 g/mol. The summed E-state index contributed by atoms with van der Waals surface area (Å²) in [6.07, 6.45) is 7.83. The SMILES string of the molecule is CC(C)(c1ccc[nH]1)c1ccc[nH]1.CC(C)(c1ccc[nH]1)c1ccc[nH]1. The molecule has 0 saturated heterocycles. The molecule has 0 saturated carbocycles. The maximum Gasteiger partial charge on any atom is 0.0447 e. The second kappa shape index (κ2) is 7.16. The summed E-state index contributed by atoms with van der Waals surface area (Å²) in [5.74, 6) is 0. The Balaban J connectivity index is 0.000000151. The Morgan fingerprint density at radius 2 is 0.692 bits per heavy atom. The molecule has 0 amide bonds. The van der Waals surface area contributed by atoms with Gasteiger partial charge >= 0.3 is 0 Å². The number of nitrogens with one attached hydrogen (secondary N) is 4. The van der Waals surface area contributed by atoms with Crippen LogP contribution in [0.3, 0.4) is 0 Å². The fourth-order valence-electron chi connectivity index (χ4n) is 3.17. The Hall–Kier alpha value is -2.88. The van der Waals surface area contributed by atoms with Crippen LogP contribution in [0.15, 0.2) is 73.3 Å². The van der Waals surface area contributed by atoms with Crippen molar-refractivity contribution in [2.24, 2.45) is 0 Å². The lowest BCUT2D eigenvalue weighted by atomic mass is 9.86. The molecule has 0 fully saturated rings. The van der Waals surface area contributed by atoms with Crippen LogP contribution >= 0.6 is 0 Å². The van der Waals surface area contributed by atoms with Crippen LogP contribution in [-0.2, 0) is 10.8 Å². The van der Waals surface area contributed by atoms with Crippen molar-refractivity contribution in [3.63, 3.8) is 0 Å². The number of aromatic amines is 4. The molecule has 0 unspecified atom stereocenters. The molecule has 0 aliphatic carbocycles. The fraction of sp³-hybridized carbons (Fsp3) is 0.273. The van der Waals surface area contributed by atoms with Gasteiger partial charge in [0.25, 0.3) is 0 Å². The third kappa shape index (κ3) is 3.54. The lowest BCUT2D eigenvalue weighted by molar-refractivity contribution is 0.603. The summed E-state index contributed by atoms with van der Waals surface area (Å²) >= 11 is 0. The van der Waals surface area contributed by atoms with E-state index in [4.69, 9.17) is 0 Å². The van der Waals surface area contributed by atoms with E-state index in [9.17, 15) is 0 Å². The number of H-pyrrole nitrogens is 4. The summed E-state index contributed by atoms with van der Waals surface area (Å²) in [5, 5.41) is 0. The molecule has 4 nitrogen and oxygen atoms in total. The van der Waals surface area contributed by atoms with E-state index in [1.165, 1.54) is 22.8 Å². The van der Waals surface area contributed by atoms with Gasteiger partial charge in [-0.2, -0.15) is 0 Å². The summed E-state index contributed by atoms with van der Waals surface area (Å²) in [5.41, 5.74) is 5.00.